The summed E-state index contributed by atoms with van der Waals surface area (Å²) in [5.41, 5.74) is 0. The van der Waals surface area contributed by atoms with E-state index < -0.39 is 12.1 Å². The van der Waals surface area contributed by atoms with Crippen LogP contribution in [0.15, 0.2) is 42.0 Å². The van der Waals surface area contributed by atoms with Crippen molar-refractivity contribution in [2.75, 3.05) is 31.6 Å². The molecule has 2 aliphatic rings. The summed E-state index contributed by atoms with van der Waals surface area (Å²) in [6.45, 7) is 2.91. The average molecular weight is 470 g/mol. The number of thiophene rings is 1. The lowest BCUT2D eigenvalue weighted by atomic mass is 9.93. The SMILES string of the molecule is O=C(/C=C/c1cccs1)N1C[C@@H]2[C@@H](CNc3ncccn3)CO[C@@H]2C1.O=C(O)C(F)(F)F. The molecule has 3 atom stereocenters. The first kappa shape index (κ1) is 23.7. The van der Waals surface area contributed by atoms with E-state index in [-0.39, 0.29) is 12.0 Å². The number of amides is 1. The molecule has 4 heterocycles. The Balaban J connectivity index is 0.000000360. The van der Waals surface area contributed by atoms with Crippen LogP contribution in [0, 0.1) is 11.8 Å². The largest absolute Gasteiger partial charge is 0.490 e. The lowest BCUT2D eigenvalue weighted by molar-refractivity contribution is -0.192. The van der Waals surface area contributed by atoms with Gasteiger partial charge in [-0.15, -0.1) is 11.3 Å². The Morgan fingerprint density at radius 3 is 2.62 bits per heavy atom. The fourth-order valence-corrected chi connectivity index (χ4v) is 4.06. The molecule has 32 heavy (non-hydrogen) atoms. The predicted molar refractivity (Wildman–Crippen MR) is 111 cm³/mol. The average Bonchev–Trinajstić information content (AvgIpc) is 3.49. The summed E-state index contributed by atoms with van der Waals surface area (Å²) < 4.78 is 37.6. The summed E-state index contributed by atoms with van der Waals surface area (Å²) >= 11 is 1.63. The molecule has 0 bridgehead atoms. The van der Waals surface area contributed by atoms with E-state index in [9.17, 15) is 18.0 Å². The molecule has 2 aliphatic heterocycles. The summed E-state index contributed by atoms with van der Waals surface area (Å²) in [5, 5.41) is 12.4. The van der Waals surface area contributed by atoms with Gasteiger partial charge < -0.3 is 20.1 Å². The first-order chi connectivity index (χ1) is 15.2. The van der Waals surface area contributed by atoms with Gasteiger partial charge in [-0.25, -0.2) is 14.8 Å². The van der Waals surface area contributed by atoms with Gasteiger partial charge in [0.1, 0.15) is 0 Å². The molecule has 2 N–H and O–H groups in total. The fraction of sp³-hybridized carbons (Fsp3) is 0.400. The molecule has 172 valence electrons. The first-order valence-corrected chi connectivity index (χ1v) is 10.5. The quantitative estimate of drug-likeness (QED) is 0.648. The molecule has 1 amide bonds. The number of hydrogen-bond donors (Lipinski definition) is 2. The van der Waals surface area contributed by atoms with Crippen LogP contribution in [-0.4, -0.2) is 70.4 Å². The minimum Gasteiger partial charge on any atom is -0.475 e. The molecular weight excluding hydrogens is 449 g/mol. The minimum absolute atomic E-state index is 0.0597. The van der Waals surface area contributed by atoms with Crippen LogP contribution in [0.3, 0.4) is 0 Å². The van der Waals surface area contributed by atoms with Gasteiger partial charge in [-0.3, -0.25) is 4.79 Å². The van der Waals surface area contributed by atoms with Gasteiger partial charge in [0.15, 0.2) is 0 Å². The van der Waals surface area contributed by atoms with Crippen LogP contribution >= 0.6 is 11.3 Å². The molecule has 0 saturated carbocycles. The number of carboxylic acids is 1. The van der Waals surface area contributed by atoms with Crippen molar-refractivity contribution in [3.63, 3.8) is 0 Å². The van der Waals surface area contributed by atoms with Crippen molar-refractivity contribution in [1.29, 1.82) is 0 Å². The van der Waals surface area contributed by atoms with Crippen molar-refractivity contribution in [2.45, 2.75) is 12.3 Å². The fourth-order valence-electron chi connectivity index (χ4n) is 3.45. The molecule has 0 aromatic carbocycles. The van der Waals surface area contributed by atoms with Crippen molar-refractivity contribution in [2.24, 2.45) is 11.8 Å². The lowest BCUT2D eigenvalue weighted by Crippen LogP contribution is -2.31. The first-order valence-electron chi connectivity index (χ1n) is 9.67. The maximum atomic E-state index is 12.4. The van der Waals surface area contributed by atoms with Crippen LogP contribution in [0.5, 0.6) is 0 Å². The van der Waals surface area contributed by atoms with Gasteiger partial charge in [0.05, 0.1) is 12.7 Å². The maximum Gasteiger partial charge on any atom is 0.490 e. The number of carbonyl (C=O) groups is 2. The van der Waals surface area contributed by atoms with E-state index in [0.717, 1.165) is 24.6 Å². The Bertz CT molecular complexity index is 925. The molecule has 0 aliphatic carbocycles. The number of rotatable bonds is 5. The van der Waals surface area contributed by atoms with Crippen molar-refractivity contribution in [3.8, 4) is 0 Å². The van der Waals surface area contributed by atoms with Crippen LogP contribution in [0.25, 0.3) is 6.08 Å². The number of carbonyl (C=O) groups excluding carboxylic acids is 1. The lowest BCUT2D eigenvalue weighted by Gasteiger charge is -2.19. The van der Waals surface area contributed by atoms with E-state index in [0.29, 0.717) is 24.3 Å². The number of nitrogens with zero attached hydrogens (tertiary/aromatic N) is 3. The van der Waals surface area contributed by atoms with Crippen LogP contribution < -0.4 is 5.32 Å². The Kier molecular flexibility index (Phi) is 7.80. The van der Waals surface area contributed by atoms with Crippen LogP contribution in [0.1, 0.15) is 4.88 Å². The third-order valence-electron chi connectivity index (χ3n) is 5.01. The highest BCUT2D eigenvalue weighted by molar-refractivity contribution is 7.10. The second-order valence-electron chi connectivity index (χ2n) is 7.14. The normalized spacial score (nSPS) is 22.3. The number of likely N-dealkylation sites (tertiary alicyclic amines) is 1. The van der Waals surface area contributed by atoms with Gasteiger partial charge in [-0.05, 0) is 23.6 Å². The van der Waals surface area contributed by atoms with Gasteiger partial charge in [0.25, 0.3) is 0 Å². The highest BCUT2D eigenvalue weighted by Crippen LogP contribution is 2.34. The summed E-state index contributed by atoms with van der Waals surface area (Å²) in [7, 11) is 0. The second kappa shape index (κ2) is 10.6. The zero-order valence-electron chi connectivity index (χ0n) is 16.7. The molecule has 0 radical (unpaired) electrons. The molecule has 2 aromatic heterocycles. The number of ether oxygens (including phenoxy) is 1. The Labute approximate surface area is 185 Å². The second-order valence-corrected chi connectivity index (χ2v) is 8.12. The van der Waals surface area contributed by atoms with Gasteiger partial charge >= 0.3 is 12.1 Å². The number of anilines is 1. The molecule has 2 aromatic rings. The van der Waals surface area contributed by atoms with Crippen molar-refractivity contribution in [3.05, 3.63) is 46.9 Å². The van der Waals surface area contributed by atoms with Crippen molar-refractivity contribution < 1.29 is 32.6 Å². The highest BCUT2D eigenvalue weighted by Gasteiger charge is 2.44. The Morgan fingerprint density at radius 2 is 2.00 bits per heavy atom. The van der Waals surface area contributed by atoms with E-state index in [4.69, 9.17) is 14.6 Å². The number of fused-ring (bicyclic) bond motifs is 1. The summed E-state index contributed by atoms with van der Waals surface area (Å²) in [6.07, 6.45) is 2.05. The molecule has 2 fully saturated rings. The highest BCUT2D eigenvalue weighted by atomic mass is 32.1. The molecular formula is C20H21F3N4O4S. The van der Waals surface area contributed by atoms with Gasteiger partial charge in [-0.1, -0.05) is 6.07 Å². The number of nitrogens with one attached hydrogen (secondary N) is 1. The summed E-state index contributed by atoms with van der Waals surface area (Å²) in [6, 6.07) is 5.78. The van der Waals surface area contributed by atoms with Crippen LogP contribution in [0.4, 0.5) is 19.1 Å². The van der Waals surface area contributed by atoms with E-state index in [2.05, 4.69) is 15.3 Å². The third kappa shape index (κ3) is 6.50. The van der Waals surface area contributed by atoms with Gasteiger partial charge in [0, 0.05) is 54.8 Å². The van der Waals surface area contributed by atoms with E-state index >= 15 is 0 Å². The zero-order valence-corrected chi connectivity index (χ0v) is 17.6. The molecule has 12 heteroatoms. The Morgan fingerprint density at radius 1 is 1.28 bits per heavy atom. The number of alkyl halides is 3. The zero-order chi connectivity index (χ0) is 23.1. The molecule has 0 unspecified atom stereocenters. The summed E-state index contributed by atoms with van der Waals surface area (Å²) in [5.74, 6) is -1.32. The number of aliphatic carboxylic acids is 1. The standard InChI is InChI=1S/C18H20N4O2S.C2HF3O2/c23-17(5-4-14-3-1-8-25-14)22-10-15-13(12-24-16(15)11-22)9-21-18-19-6-2-7-20-18;3-2(4,5)1(6)7/h1-8,13,15-16H,9-12H2,(H,19,20,21);(H,6,7)/b5-4+;/t13-,15+,16+;/m0./s1. The van der Waals surface area contributed by atoms with Crippen molar-refractivity contribution in [1.82, 2.24) is 14.9 Å². The number of halogens is 3. The molecule has 2 saturated heterocycles. The van der Waals surface area contributed by atoms with Crippen LogP contribution in [0.2, 0.25) is 0 Å². The summed E-state index contributed by atoms with van der Waals surface area (Å²) in [4.78, 5) is 32.7. The smallest absolute Gasteiger partial charge is 0.475 e. The number of carboxylic acid groups (broad SMARTS) is 1. The van der Waals surface area contributed by atoms with Crippen molar-refractivity contribution >= 4 is 35.2 Å². The predicted octanol–water partition coefficient (Wildman–Crippen LogP) is 2.77. The van der Waals surface area contributed by atoms with Crippen LogP contribution in [-0.2, 0) is 14.3 Å². The van der Waals surface area contributed by atoms with E-state index in [1.807, 2.05) is 28.5 Å². The Hall–Kier alpha value is -2.99. The maximum absolute atomic E-state index is 12.4. The monoisotopic (exact) mass is 470 g/mol. The number of aromatic nitrogens is 2. The number of hydrogen-bond acceptors (Lipinski definition) is 7. The van der Waals surface area contributed by atoms with E-state index in [1.54, 1.807) is 35.9 Å². The molecule has 4 rings (SSSR count). The molecule has 0 spiro atoms. The topological polar surface area (TPSA) is 105 Å². The third-order valence-corrected chi connectivity index (χ3v) is 5.85. The minimum atomic E-state index is -5.08. The van der Waals surface area contributed by atoms with Gasteiger partial charge in [0.2, 0.25) is 11.9 Å². The van der Waals surface area contributed by atoms with Gasteiger partial charge in [-0.2, -0.15) is 13.2 Å². The van der Waals surface area contributed by atoms with E-state index in [1.165, 1.54) is 0 Å². The molecule has 8 nitrogen and oxygen atoms in total.